The standard InChI is InChI=1S/C33H24F4N2O4.C24H15F4NO5/c1-38-31(41)28-25-17-20(9-13-26(25)42-29(28)19-7-11-23(34)12-8-19)24-18-21(10-14-27(24)43-33(35,36)37)30(40)39-32(15-16-32)22-5-3-2-4-6-22;1-29-22(30)20-17-10-13(4-8-18(17)33-21(20)12-2-6-15(25)7-3-12)16-11-14(23(31)32)5-9-19(16)34-24(26,27)28/h2-14,17-18H,15-16H2,1H3,(H,38,41)(H,39,40);2-11H,1H3,(H,29,30)(H,31,32). The van der Waals surface area contributed by atoms with E-state index in [4.69, 9.17) is 8.83 Å². The van der Waals surface area contributed by atoms with Crippen molar-refractivity contribution in [2.75, 3.05) is 14.1 Å². The average molecular weight is 1060 g/mol. The van der Waals surface area contributed by atoms with Crippen molar-refractivity contribution in [3.63, 3.8) is 0 Å². The molecule has 1 aliphatic rings. The second-order valence-electron chi connectivity index (χ2n) is 17.4. The van der Waals surface area contributed by atoms with E-state index in [1.165, 1.54) is 111 Å². The number of ether oxygens (including phenoxy) is 2. The van der Waals surface area contributed by atoms with Crippen LogP contribution in [0.5, 0.6) is 11.5 Å². The molecule has 0 unspecified atom stereocenters. The van der Waals surface area contributed by atoms with Gasteiger partial charge in [0.15, 0.2) is 0 Å². The molecule has 9 aromatic rings. The fourth-order valence-corrected chi connectivity index (χ4v) is 8.71. The molecular weight excluding hydrogens is 1020 g/mol. The number of amides is 3. The molecule has 20 heteroatoms. The minimum absolute atomic E-state index is 0.0104. The number of alkyl halides is 6. The van der Waals surface area contributed by atoms with Gasteiger partial charge in [0.25, 0.3) is 17.7 Å². The summed E-state index contributed by atoms with van der Waals surface area (Å²) in [5.41, 5.74) is 2.13. The third-order valence-corrected chi connectivity index (χ3v) is 12.5. The molecule has 392 valence electrons. The number of carbonyl (C=O) groups excluding carboxylic acids is 3. The highest BCUT2D eigenvalue weighted by Crippen LogP contribution is 2.46. The molecule has 1 aliphatic carbocycles. The maximum Gasteiger partial charge on any atom is 0.573 e. The van der Waals surface area contributed by atoms with Crippen LogP contribution in [0, 0.1) is 11.6 Å². The Morgan fingerprint density at radius 3 is 1.34 bits per heavy atom. The number of carbonyl (C=O) groups is 4. The van der Waals surface area contributed by atoms with Gasteiger partial charge in [-0.05, 0) is 139 Å². The normalized spacial score (nSPS) is 12.8. The van der Waals surface area contributed by atoms with E-state index in [0.29, 0.717) is 16.5 Å². The van der Waals surface area contributed by atoms with Gasteiger partial charge in [0, 0.05) is 52.7 Å². The Morgan fingerprint density at radius 1 is 0.519 bits per heavy atom. The fraction of sp³-hybridized carbons (Fsp3) is 0.123. The average Bonchev–Trinajstić information content (AvgIpc) is 4.08. The monoisotopic (exact) mass is 1060 g/mol. The van der Waals surface area contributed by atoms with Gasteiger partial charge in [-0.2, -0.15) is 0 Å². The Hall–Kier alpha value is -9.46. The van der Waals surface area contributed by atoms with Crippen molar-refractivity contribution in [3.05, 3.63) is 191 Å². The molecule has 3 amide bonds. The number of nitrogens with one attached hydrogen (secondary N) is 3. The first-order chi connectivity index (χ1) is 36.6. The lowest BCUT2D eigenvalue weighted by Crippen LogP contribution is -2.34. The zero-order valence-electron chi connectivity index (χ0n) is 40.1. The minimum atomic E-state index is -5.01. The number of halogens is 8. The Balaban J connectivity index is 0.000000193. The summed E-state index contributed by atoms with van der Waals surface area (Å²) in [6.07, 6.45) is -8.53. The number of furan rings is 2. The molecule has 2 aromatic heterocycles. The van der Waals surface area contributed by atoms with E-state index in [0.717, 1.165) is 42.7 Å². The Kier molecular flexibility index (Phi) is 14.1. The van der Waals surface area contributed by atoms with Crippen LogP contribution in [0.1, 0.15) is 59.8 Å². The zero-order chi connectivity index (χ0) is 55.0. The predicted molar refractivity (Wildman–Crippen MR) is 266 cm³/mol. The number of rotatable bonds is 12. The molecule has 0 aliphatic heterocycles. The van der Waals surface area contributed by atoms with Crippen LogP contribution in [0.15, 0.2) is 160 Å². The maximum absolute atomic E-state index is 13.6. The van der Waals surface area contributed by atoms with E-state index in [1.807, 2.05) is 30.3 Å². The summed E-state index contributed by atoms with van der Waals surface area (Å²) < 4.78 is 126. The molecule has 4 N–H and O–H groups in total. The van der Waals surface area contributed by atoms with E-state index < -0.39 is 65.1 Å². The topological polar surface area (TPSA) is 169 Å². The van der Waals surface area contributed by atoms with E-state index in [-0.39, 0.29) is 72.6 Å². The van der Waals surface area contributed by atoms with Crippen LogP contribution in [0.2, 0.25) is 0 Å². The second-order valence-corrected chi connectivity index (χ2v) is 17.4. The first-order valence-electron chi connectivity index (χ1n) is 23.1. The molecule has 0 bridgehead atoms. The summed E-state index contributed by atoms with van der Waals surface area (Å²) in [5.74, 6) is -4.62. The summed E-state index contributed by atoms with van der Waals surface area (Å²) in [6, 6.07) is 35.5. The van der Waals surface area contributed by atoms with Gasteiger partial charge in [-0.3, -0.25) is 14.4 Å². The molecule has 0 atom stereocenters. The lowest BCUT2D eigenvalue weighted by molar-refractivity contribution is -0.275. The van der Waals surface area contributed by atoms with Gasteiger partial charge in [-0.25, -0.2) is 13.6 Å². The minimum Gasteiger partial charge on any atom is -0.478 e. The number of aromatic carboxylic acids is 1. The first-order valence-corrected chi connectivity index (χ1v) is 23.1. The van der Waals surface area contributed by atoms with Gasteiger partial charge in [-0.15, -0.1) is 26.3 Å². The van der Waals surface area contributed by atoms with E-state index >= 15 is 0 Å². The van der Waals surface area contributed by atoms with Gasteiger partial charge in [0.05, 0.1) is 22.2 Å². The fourth-order valence-electron chi connectivity index (χ4n) is 8.71. The highest BCUT2D eigenvalue weighted by Gasteiger charge is 2.46. The van der Waals surface area contributed by atoms with Crippen molar-refractivity contribution in [1.29, 1.82) is 0 Å². The van der Waals surface area contributed by atoms with Gasteiger partial charge >= 0.3 is 18.7 Å². The maximum atomic E-state index is 13.6. The van der Waals surface area contributed by atoms with Crippen LogP contribution in [0.3, 0.4) is 0 Å². The highest BCUT2D eigenvalue weighted by atomic mass is 19.4. The lowest BCUT2D eigenvalue weighted by Gasteiger charge is -2.19. The number of hydrogen-bond donors (Lipinski definition) is 4. The molecule has 10 rings (SSSR count). The van der Waals surface area contributed by atoms with Crippen molar-refractivity contribution < 1.29 is 77.7 Å². The molecule has 7 aromatic carbocycles. The molecule has 1 saturated carbocycles. The van der Waals surface area contributed by atoms with Gasteiger partial charge < -0.3 is 39.4 Å². The summed E-state index contributed by atoms with van der Waals surface area (Å²) in [6.45, 7) is 0. The predicted octanol–water partition coefficient (Wildman–Crippen LogP) is 13.4. The van der Waals surface area contributed by atoms with Gasteiger partial charge in [0.2, 0.25) is 0 Å². The summed E-state index contributed by atoms with van der Waals surface area (Å²) in [5, 5.41) is 17.9. The van der Waals surface area contributed by atoms with Crippen molar-refractivity contribution in [2.24, 2.45) is 0 Å². The third kappa shape index (κ3) is 11.3. The molecule has 12 nitrogen and oxygen atoms in total. The van der Waals surface area contributed by atoms with Crippen molar-refractivity contribution in [3.8, 4) is 56.4 Å². The number of hydrogen-bond acceptors (Lipinski definition) is 8. The molecular formula is C57H39F8N3O9. The van der Waals surface area contributed by atoms with E-state index in [1.54, 1.807) is 0 Å². The lowest BCUT2D eigenvalue weighted by atomic mass is 9.97. The summed E-state index contributed by atoms with van der Waals surface area (Å²) in [7, 11) is 2.82. The molecule has 2 heterocycles. The number of carboxylic acids is 1. The smallest absolute Gasteiger partial charge is 0.478 e. The van der Waals surface area contributed by atoms with E-state index in [2.05, 4.69) is 25.4 Å². The molecule has 0 saturated heterocycles. The Morgan fingerprint density at radius 2 is 0.935 bits per heavy atom. The Bertz CT molecular complexity index is 3740. The summed E-state index contributed by atoms with van der Waals surface area (Å²) in [4.78, 5) is 50.4. The molecule has 1 fully saturated rings. The number of fused-ring (bicyclic) bond motifs is 2. The highest BCUT2D eigenvalue weighted by molar-refractivity contribution is 6.13. The third-order valence-electron chi connectivity index (χ3n) is 12.5. The molecule has 0 radical (unpaired) electrons. The van der Waals surface area contributed by atoms with Crippen LogP contribution in [-0.4, -0.2) is 55.6 Å². The van der Waals surface area contributed by atoms with E-state index in [9.17, 15) is 59.4 Å². The van der Waals surface area contributed by atoms with Gasteiger partial charge in [-0.1, -0.05) is 42.5 Å². The number of carboxylic acid groups (broad SMARTS) is 1. The van der Waals surface area contributed by atoms with Crippen LogP contribution >= 0.6 is 0 Å². The van der Waals surface area contributed by atoms with Crippen LogP contribution in [-0.2, 0) is 5.54 Å². The first kappa shape index (κ1) is 52.4. The van der Waals surface area contributed by atoms with Crippen LogP contribution in [0.25, 0.3) is 66.8 Å². The van der Waals surface area contributed by atoms with Crippen molar-refractivity contribution in [1.82, 2.24) is 16.0 Å². The largest absolute Gasteiger partial charge is 0.573 e. The van der Waals surface area contributed by atoms with Crippen molar-refractivity contribution in [2.45, 2.75) is 31.1 Å². The molecule has 0 spiro atoms. The Labute approximate surface area is 430 Å². The zero-order valence-corrected chi connectivity index (χ0v) is 40.1. The number of benzene rings is 7. The molecule has 77 heavy (non-hydrogen) atoms. The SMILES string of the molecule is CNC(=O)c1c(-c2ccc(F)cc2)oc2ccc(-c3cc(C(=O)NC4(c5ccccc5)CC4)ccc3OC(F)(F)F)cc12.CNC(=O)c1c(-c2ccc(F)cc2)oc2ccc(-c3cc(C(=O)O)ccc3OC(F)(F)F)cc12. The van der Waals surface area contributed by atoms with Crippen LogP contribution < -0.4 is 25.4 Å². The van der Waals surface area contributed by atoms with Crippen LogP contribution in [0.4, 0.5) is 35.1 Å². The summed E-state index contributed by atoms with van der Waals surface area (Å²) >= 11 is 0. The quantitative estimate of drug-likeness (QED) is 0.0870. The van der Waals surface area contributed by atoms with Gasteiger partial charge in [0.1, 0.15) is 45.8 Å². The van der Waals surface area contributed by atoms with Crippen molar-refractivity contribution >= 4 is 45.6 Å². The second kappa shape index (κ2) is 20.7.